The number of hydrogen-bond acceptors (Lipinski definition) is 17. The predicted molar refractivity (Wildman–Crippen MR) is 464 cm³/mol. The first-order valence-electron chi connectivity index (χ1n) is 42.0. The average Bonchev–Trinajstić information content (AvgIpc) is 1.66. The number of halogens is 1. The van der Waals surface area contributed by atoms with Gasteiger partial charge in [-0.25, -0.2) is 98.5 Å². The van der Waals surface area contributed by atoms with Crippen LogP contribution in [0.15, 0.2) is 279 Å². The number of rotatable bonds is 7. The maximum Gasteiger partial charge on any atom is 0.352 e. The van der Waals surface area contributed by atoms with Crippen molar-refractivity contribution in [2.24, 2.45) is 0 Å². The van der Waals surface area contributed by atoms with Gasteiger partial charge < -0.3 is 44.3 Å². The third kappa shape index (κ3) is 13.2. The van der Waals surface area contributed by atoms with Gasteiger partial charge in [-0.05, 0) is 143 Å². The summed E-state index contributed by atoms with van der Waals surface area (Å²) in [5.74, 6) is 1.94. The molecule has 30 nitrogen and oxygen atoms in total. The number of aromatic hydroxyl groups is 2. The van der Waals surface area contributed by atoms with Gasteiger partial charge in [0, 0.05) is 129 Å². The van der Waals surface area contributed by atoms with E-state index in [1.165, 1.54) is 58.5 Å². The molecule has 4 atom stereocenters. The monoisotopic (exact) mass is 1690 g/mol. The van der Waals surface area contributed by atoms with Crippen LogP contribution in [0.4, 0.5) is 10.1 Å². The minimum Gasteiger partial charge on any atom is -0.508 e. The fourth-order valence-corrected chi connectivity index (χ4v) is 19.9. The third-order valence-corrected chi connectivity index (χ3v) is 25.8. The highest BCUT2D eigenvalue weighted by atomic mass is 19.1. The smallest absolute Gasteiger partial charge is 0.352 e. The molecule has 4 unspecified atom stereocenters. The number of phenols is 2. The number of para-hydroxylation sites is 4. The van der Waals surface area contributed by atoms with E-state index in [4.69, 9.17) is 18.9 Å². The van der Waals surface area contributed by atoms with Crippen LogP contribution >= 0.6 is 0 Å². The number of nitrogens with zero attached hydrogens (tertiary/aromatic N) is 14. The predicted octanol–water partition coefficient (Wildman–Crippen LogP) is 9.66. The van der Waals surface area contributed by atoms with Crippen LogP contribution in [0.3, 0.4) is 0 Å². The van der Waals surface area contributed by atoms with E-state index in [0.717, 1.165) is 78.0 Å². The Bertz CT molecular complexity index is 7030. The molecule has 14 heterocycles. The first kappa shape index (κ1) is 80.4. The fourth-order valence-electron chi connectivity index (χ4n) is 19.9. The van der Waals surface area contributed by atoms with E-state index in [-0.39, 0.29) is 53.3 Å². The van der Waals surface area contributed by atoms with Gasteiger partial charge in [-0.1, -0.05) is 110 Å². The van der Waals surface area contributed by atoms with Crippen LogP contribution in [0.1, 0.15) is 120 Å². The maximum atomic E-state index is 13.8. The van der Waals surface area contributed by atoms with Crippen molar-refractivity contribution in [2.75, 3.05) is 45.1 Å². The second-order valence-electron chi connectivity index (χ2n) is 33.8. The normalized spacial score (nSPS) is 19.7. The molecule has 0 radical (unpaired) electrons. The van der Waals surface area contributed by atoms with Gasteiger partial charge in [0.25, 0.3) is 0 Å². The Morgan fingerprint density at radius 1 is 0.400 bits per heavy atom. The minimum absolute atomic E-state index is 0.0165. The Labute approximate surface area is 713 Å². The van der Waals surface area contributed by atoms with Crippen molar-refractivity contribution in [3.05, 3.63) is 353 Å². The Hall–Kier alpha value is -14.4. The van der Waals surface area contributed by atoms with E-state index in [1.54, 1.807) is 136 Å². The number of anilines is 1. The molecular weight excluding hydrogens is 1600 g/mol. The number of likely N-dealkylation sites (tertiary alicyclic amines) is 2. The van der Waals surface area contributed by atoms with Crippen molar-refractivity contribution in [3.63, 3.8) is 0 Å². The summed E-state index contributed by atoms with van der Waals surface area (Å²) in [4.78, 5) is 123. The van der Waals surface area contributed by atoms with Gasteiger partial charge in [-0.3, -0.25) is 4.79 Å². The molecule has 2 saturated heterocycles. The first-order chi connectivity index (χ1) is 60.2. The summed E-state index contributed by atoms with van der Waals surface area (Å²) >= 11 is 0. The van der Waals surface area contributed by atoms with Crippen LogP contribution < -0.4 is 69.8 Å². The van der Waals surface area contributed by atoms with Crippen LogP contribution in [0.2, 0.25) is 0 Å². The maximum absolute atomic E-state index is 13.8. The number of benzene rings is 8. The van der Waals surface area contributed by atoms with Crippen molar-refractivity contribution in [1.82, 2.24) is 65.5 Å². The van der Waals surface area contributed by atoms with E-state index in [9.17, 15) is 57.8 Å². The fraction of sp³-hybridized carbons (Fsp3) is 0.309. The Morgan fingerprint density at radius 2 is 0.712 bits per heavy atom. The molecule has 12 aromatic rings. The Balaban J connectivity index is 0.000000109. The topological polar surface area (TPSA) is 309 Å². The molecule has 2 spiro atoms. The standard InChI is InChI=1S/C26H28N4O4.C25H24N4O5.C22H22N4O3.C21H18FN3O3/c1-2-13-27-15-11-26(12-16-27)21-10-14-28-24(32)29(18-6-4-3-5-7-18)25(33)30(28)23(21)20-9-8-19(31)17-22(20)34-26;1-16(30)26-13-10-25(11-14-26)20-9-12-27-23(32)28(17-5-3-2-4-6-17)24(33)29(27)22(20)19-8-7-18(31)15-21(19)34-25;1-22(2)17-11-12-24-20(27)25(15-7-5-4-6-8-15)21(28)26(24)19(17)16-10-9-14(23-3)13-18(16)29-22;1-21(2)16-10-11-23-19(26)24(14-6-4-3-5-7-14)20(27)25(23)18(16)15-9-8-13(22)12-17(15)28-21/h3-10,17,23,31H,2,11-16H2,1H3;2-9,15,22,31H,10-14H2,1H3;4-11,13,19,23H,12H2,1-3H3;3-10,12,18H,11H2,1-2H3. The van der Waals surface area contributed by atoms with Gasteiger partial charge in [0.15, 0.2) is 0 Å². The molecule has 125 heavy (non-hydrogen) atoms. The molecule has 10 aliphatic heterocycles. The Kier molecular flexibility index (Phi) is 19.7. The molecule has 0 aliphatic carbocycles. The number of carbonyl (C=O) groups is 1. The highest BCUT2D eigenvalue weighted by Crippen LogP contribution is 2.54. The highest BCUT2D eigenvalue weighted by molar-refractivity contribution is 5.73. The lowest BCUT2D eigenvalue weighted by Crippen LogP contribution is -2.55. The molecule has 10 aliphatic rings. The summed E-state index contributed by atoms with van der Waals surface area (Å²) in [5.41, 5.74) is 4.20. The SMILES string of the molecule is CC(=O)N1CCC2(CC1)Oc1cc(O)ccc1C1C2=CCn2c(=O)n(-c3ccccc3)c(=O)n21.CC1(C)Oc2cc(F)ccc2C2C1=CCn1c(=O)n(-c3ccccc3)c(=O)n12.CCCN1CCC2(CC1)Oc1cc(O)ccc1C1C2=CCn2c(=O)n(-c3ccccc3)c(=O)n21.CNc1ccc2c(c1)OC(C)(C)C1=CCn3c(=O)n(-c4ccccc4)c(=O)n3C12. The van der Waals surface area contributed by atoms with E-state index in [1.807, 2.05) is 120 Å². The number of nitrogens with one attached hydrogen (secondary N) is 1. The molecule has 2 fully saturated rings. The number of piperidine rings is 2. The molecular formula is C94H92FN15O15. The van der Waals surface area contributed by atoms with Crippen LogP contribution in [-0.2, 0) is 31.0 Å². The van der Waals surface area contributed by atoms with E-state index < -0.39 is 75.1 Å². The molecule has 31 heteroatoms. The number of carbonyl (C=O) groups excluding carboxylic acids is 1. The second-order valence-corrected chi connectivity index (χ2v) is 33.8. The number of allylic oxidation sites excluding steroid dienone is 4. The summed E-state index contributed by atoms with van der Waals surface area (Å²) in [7, 11) is 1.85. The lowest BCUT2D eigenvalue weighted by Gasteiger charge is -2.49. The largest absolute Gasteiger partial charge is 0.508 e. The summed E-state index contributed by atoms with van der Waals surface area (Å²) in [6, 6.07) is 53.9. The molecule has 4 aromatic heterocycles. The summed E-state index contributed by atoms with van der Waals surface area (Å²) in [5, 5.41) is 23.5. The zero-order valence-corrected chi connectivity index (χ0v) is 69.8. The van der Waals surface area contributed by atoms with E-state index in [0.29, 0.717) is 95.9 Å². The lowest BCUT2D eigenvalue weighted by molar-refractivity contribution is -0.131. The molecule has 1 amide bonds. The number of fused-ring (bicyclic) bond motifs is 22. The number of amides is 1. The summed E-state index contributed by atoms with van der Waals surface area (Å²) in [6.45, 7) is 16.6. The van der Waals surface area contributed by atoms with Crippen molar-refractivity contribution in [2.45, 2.75) is 146 Å². The van der Waals surface area contributed by atoms with Crippen molar-refractivity contribution in [3.8, 4) is 57.2 Å². The molecule has 0 saturated carbocycles. The van der Waals surface area contributed by atoms with Gasteiger partial charge >= 0.3 is 45.5 Å². The number of phenolic OH excluding ortho intramolecular Hbond substituents is 2. The number of ether oxygens (including phenoxy) is 4. The number of aromatic nitrogens is 12. The highest BCUT2D eigenvalue weighted by Gasteiger charge is 2.54. The molecule has 640 valence electrons. The van der Waals surface area contributed by atoms with E-state index in [2.05, 4.69) is 23.2 Å². The minimum atomic E-state index is -0.735. The van der Waals surface area contributed by atoms with Crippen molar-refractivity contribution >= 4 is 11.6 Å². The van der Waals surface area contributed by atoms with Crippen LogP contribution in [0.5, 0.6) is 34.5 Å². The van der Waals surface area contributed by atoms with Crippen LogP contribution in [-0.4, -0.2) is 144 Å². The Morgan fingerprint density at radius 3 is 1.06 bits per heavy atom. The zero-order valence-electron chi connectivity index (χ0n) is 69.8. The second kappa shape index (κ2) is 30.6. The van der Waals surface area contributed by atoms with Crippen LogP contribution in [0, 0.1) is 5.82 Å². The van der Waals surface area contributed by atoms with Crippen molar-refractivity contribution < 1.29 is 38.3 Å². The van der Waals surface area contributed by atoms with Gasteiger partial charge in [0.2, 0.25) is 5.91 Å². The van der Waals surface area contributed by atoms with Crippen LogP contribution in [0.25, 0.3) is 22.7 Å². The van der Waals surface area contributed by atoms with Gasteiger partial charge in [-0.2, -0.15) is 0 Å². The summed E-state index contributed by atoms with van der Waals surface area (Å²) < 4.78 is 56.2. The first-order valence-corrected chi connectivity index (χ1v) is 42.0. The summed E-state index contributed by atoms with van der Waals surface area (Å²) in [6.07, 6.45) is 11.8. The molecule has 0 bridgehead atoms. The van der Waals surface area contributed by atoms with Gasteiger partial charge in [0.05, 0.1) is 48.9 Å². The van der Waals surface area contributed by atoms with E-state index >= 15 is 0 Å². The molecule has 22 rings (SSSR count). The lowest BCUT2D eigenvalue weighted by atomic mass is 9.75. The zero-order chi connectivity index (χ0) is 87.0. The van der Waals surface area contributed by atoms with Gasteiger partial charge in [0.1, 0.15) is 86.9 Å². The average molecular weight is 1690 g/mol. The third-order valence-electron chi connectivity index (χ3n) is 25.8. The molecule has 8 aromatic carbocycles. The quantitative estimate of drug-likeness (QED) is 0.125. The molecule has 3 N–H and O–H groups in total. The van der Waals surface area contributed by atoms with Crippen molar-refractivity contribution in [1.29, 1.82) is 0 Å². The van der Waals surface area contributed by atoms with Gasteiger partial charge in [-0.15, -0.1) is 0 Å². The number of hydrogen-bond donors (Lipinski definition) is 3.